The zero-order chi connectivity index (χ0) is 11.4. The minimum Gasteiger partial charge on any atom is -0.236 e. The Kier molecular flexibility index (Phi) is 3.32. The Hall–Kier alpha value is -1.67. The number of hydrogen-bond acceptors (Lipinski definition) is 1. The molecule has 3 heteroatoms. The van der Waals surface area contributed by atoms with Crippen molar-refractivity contribution in [3.05, 3.63) is 66.0 Å². The van der Waals surface area contributed by atoms with Crippen molar-refractivity contribution in [2.75, 3.05) is 0 Å². The van der Waals surface area contributed by atoms with Gasteiger partial charge in [0.1, 0.15) is 11.0 Å². The van der Waals surface area contributed by atoms with Gasteiger partial charge in [-0.3, -0.25) is 0 Å². The van der Waals surface area contributed by atoms with Crippen LogP contribution in [0.5, 0.6) is 0 Å². The van der Waals surface area contributed by atoms with Gasteiger partial charge in [0.2, 0.25) is 0 Å². The van der Waals surface area contributed by atoms with Gasteiger partial charge in [-0.25, -0.2) is 9.38 Å². The van der Waals surface area contributed by atoms with Gasteiger partial charge in [0.25, 0.3) is 0 Å². The Morgan fingerprint density at radius 2 is 1.75 bits per heavy atom. The van der Waals surface area contributed by atoms with Crippen LogP contribution < -0.4 is 0 Å². The molecule has 2 aromatic rings. The summed E-state index contributed by atoms with van der Waals surface area (Å²) in [6.07, 6.45) is 0. The molecule has 1 nitrogen and oxygen atoms in total. The quantitative estimate of drug-likeness (QED) is 0.692. The van der Waals surface area contributed by atoms with Crippen molar-refractivity contribution >= 4 is 22.5 Å². The van der Waals surface area contributed by atoms with E-state index in [1.165, 1.54) is 12.1 Å². The van der Waals surface area contributed by atoms with E-state index in [0.29, 0.717) is 5.56 Å². The molecule has 0 aromatic heterocycles. The highest BCUT2D eigenvalue weighted by Crippen LogP contribution is 2.15. The average molecular weight is 234 g/mol. The maximum absolute atomic E-state index is 13.0. The first kappa shape index (κ1) is 10.8. The molecule has 0 fully saturated rings. The Morgan fingerprint density at radius 3 is 2.44 bits per heavy atom. The highest BCUT2D eigenvalue weighted by Gasteiger charge is 2.01. The van der Waals surface area contributed by atoms with Gasteiger partial charge in [0, 0.05) is 5.56 Å². The summed E-state index contributed by atoms with van der Waals surface area (Å²) in [6.45, 7) is 0. The van der Waals surface area contributed by atoms with Crippen molar-refractivity contribution in [2.24, 2.45) is 4.99 Å². The van der Waals surface area contributed by atoms with E-state index in [2.05, 4.69) is 4.99 Å². The summed E-state index contributed by atoms with van der Waals surface area (Å²) in [4.78, 5) is 4.19. The molecule has 0 amide bonds. The fourth-order valence-electron chi connectivity index (χ4n) is 1.30. The third-order valence-corrected chi connectivity index (χ3v) is 2.35. The van der Waals surface area contributed by atoms with E-state index in [1.54, 1.807) is 12.1 Å². The molecule has 2 rings (SSSR count). The summed E-state index contributed by atoms with van der Waals surface area (Å²) in [5.74, 6) is -0.320. The number of nitrogens with zero attached hydrogens (tertiary/aromatic N) is 1. The van der Waals surface area contributed by atoms with Gasteiger partial charge in [-0.05, 0) is 24.3 Å². The molecule has 2 aromatic carbocycles. The Labute approximate surface area is 98.2 Å². The van der Waals surface area contributed by atoms with E-state index in [-0.39, 0.29) is 11.0 Å². The molecule has 0 aliphatic rings. The van der Waals surface area contributed by atoms with Crippen LogP contribution in [0.2, 0.25) is 0 Å². The second-order valence-corrected chi connectivity index (χ2v) is 3.61. The monoisotopic (exact) mass is 233 g/mol. The van der Waals surface area contributed by atoms with Crippen molar-refractivity contribution in [3.8, 4) is 0 Å². The lowest BCUT2D eigenvalue weighted by Crippen LogP contribution is -1.91. The SMILES string of the molecule is Fc1cccc(C(Cl)=Nc2ccccc2)c1. The van der Waals surface area contributed by atoms with Crippen LogP contribution in [0.25, 0.3) is 0 Å². The first-order chi connectivity index (χ1) is 7.75. The van der Waals surface area contributed by atoms with Gasteiger partial charge in [0.05, 0.1) is 5.69 Å². The molecule has 0 saturated heterocycles. The molecule has 0 unspecified atom stereocenters. The standard InChI is InChI=1S/C13H9ClFN/c14-13(10-5-4-6-11(15)9-10)16-12-7-2-1-3-8-12/h1-9H. The van der Waals surface area contributed by atoms with Crippen molar-refractivity contribution in [3.63, 3.8) is 0 Å². The average Bonchev–Trinajstić information content (AvgIpc) is 2.30. The molecule has 0 heterocycles. The third-order valence-electron chi connectivity index (χ3n) is 2.05. The molecule has 0 aliphatic carbocycles. The molecule has 0 saturated carbocycles. The van der Waals surface area contributed by atoms with Gasteiger partial charge in [-0.1, -0.05) is 41.9 Å². The van der Waals surface area contributed by atoms with Crippen LogP contribution in [0, 0.1) is 5.82 Å². The van der Waals surface area contributed by atoms with Crippen LogP contribution >= 0.6 is 11.6 Å². The molecule has 0 bridgehead atoms. The van der Waals surface area contributed by atoms with Crippen LogP contribution in [-0.2, 0) is 0 Å². The van der Waals surface area contributed by atoms with Gasteiger partial charge in [-0.15, -0.1) is 0 Å². The molecule has 80 valence electrons. The van der Waals surface area contributed by atoms with Crippen molar-refractivity contribution in [2.45, 2.75) is 0 Å². The van der Waals surface area contributed by atoms with Crippen LogP contribution in [0.15, 0.2) is 59.6 Å². The molecule has 0 aliphatic heterocycles. The zero-order valence-electron chi connectivity index (χ0n) is 8.40. The molecular formula is C13H9ClFN. The van der Waals surface area contributed by atoms with Crippen LogP contribution in [0.3, 0.4) is 0 Å². The summed E-state index contributed by atoms with van der Waals surface area (Å²) in [5.41, 5.74) is 1.32. The van der Waals surface area contributed by atoms with E-state index < -0.39 is 0 Å². The van der Waals surface area contributed by atoms with Gasteiger partial charge in [0.15, 0.2) is 0 Å². The lowest BCUT2D eigenvalue weighted by Gasteiger charge is -1.99. The number of aliphatic imine (C=N–C) groups is 1. The molecule has 0 radical (unpaired) electrons. The number of benzene rings is 2. The summed E-state index contributed by atoms with van der Waals surface area (Å²) < 4.78 is 13.0. The minimum absolute atomic E-state index is 0.283. The first-order valence-electron chi connectivity index (χ1n) is 4.81. The fourth-order valence-corrected chi connectivity index (χ4v) is 1.51. The molecule has 0 atom stereocenters. The maximum atomic E-state index is 13.0. The van der Waals surface area contributed by atoms with Crippen molar-refractivity contribution in [1.82, 2.24) is 0 Å². The summed E-state index contributed by atoms with van der Waals surface area (Å²) in [6, 6.07) is 15.4. The Balaban J connectivity index is 2.32. The van der Waals surface area contributed by atoms with Gasteiger partial charge < -0.3 is 0 Å². The summed E-state index contributed by atoms with van der Waals surface area (Å²) in [5, 5.41) is 0.283. The van der Waals surface area contributed by atoms with Crippen LogP contribution in [0.1, 0.15) is 5.56 Å². The number of para-hydroxylation sites is 1. The largest absolute Gasteiger partial charge is 0.236 e. The van der Waals surface area contributed by atoms with Gasteiger partial charge in [-0.2, -0.15) is 0 Å². The zero-order valence-corrected chi connectivity index (χ0v) is 9.16. The highest BCUT2D eigenvalue weighted by atomic mass is 35.5. The predicted molar refractivity (Wildman–Crippen MR) is 64.9 cm³/mol. The van der Waals surface area contributed by atoms with E-state index in [0.717, 1.165) is 5.69 Å². The second kappa shape index (κ2) is 4.90. The first-order valence-corrected chi connectivity index (χ1v) is 5.19. The van der Waals surface area contributed by atoms with Crippen molar-refractivity contribution < 1.29 is 4.39 Å². The highest BCUT2D eigenvalue weighted by molar-refractivity contribution is 6.69. The smallest absolute Gasteiger partial charge is 0.137 e. The van der Waals surface area contributed by atoms with E-state index >= 15 is 0 Å². The normalized spacial score (nSPS) is 11.5. The molecule has 0 N–H and O–H groups in total. The van der Waals surface area contributed by atoms with E-state index in [4.69, 9.17) is 11.6 Å². The number of halogens is 2. The summed E-state index contributed by atoms with van der Waals surface area (Å²) in [7, 11) is 0. The Morgan fingerprint density at radius 1 is 1.00 bits per heavy atom. The maximum Gasteiger partial charge on any atom is 0.137 e. The minimum atomic E-state index is -0.320. The molecule has 16 heavy (non-hydrogen) atoms. The Bertz CT molecular complexity index is 508. The van der Waals surface area contributed by atoms with E-state index in [1.807, 2.05) is 30.3 Å². The predicted octanol–water partition coefficient (Wildman–Crippen LogP) is 4.14. The molecular weight excluding hydrogens is 225 g/mol. The number of rotatable bonds is 2. The molecule has 0 spiro atoms. The van der Waals surface area contributed by atoms with Crippen molar-refractivity contribution in [1.29, 1.82) is 0 Å². The summed E-state index contributed by atoms with van der Waals surface area (Å²) >= 11 is 6.00. The second-order valence-electron chi connectivity index (χ2n) is 3.25. The lowest BCUT2D eigenvalue weighted by atomic mass is 10.2. The number of hydrogen-bond donors (Lipinski definition) is 0. The van der Waals surface area contributed by atoms with E-state index in [9.17, 15) is 4.39 Å². The third kappa shape index (κ3) is 2.67. The fraction of sp³-hybridized carbons (Fsp3) is 0. The van der Waals surface area contributed by atoms with Gasteiger partial charge >= 0.3 is 0 Å². The van der Waals surface area contributed by atoms with Crippen LogP contribution in [-0.4, -0.2) is 5.17 Å². The lowest BCUT2D eigenvalue weighted by molar-refractivity contribution is 0.627. The topological polar surface area (TPSA) is 12.4 Å². The van der Waals surface area contributed by atoms with Crippen LogP contribution in [0.4, 0.5) is 10.1 Å².